The molecule has 4 aliphatic rings. The maximum absolute atomic E-state index is 13.6. The molecule has 208 valence electrons. The van der Waals surface area contributed by atoms with Crippen LogP contribution in [-0.2, 0) is 36.8 Å². The summed E-state index contributed by atoms with van der Waals surface area (Å²) in [5.41, 5.74) is -1.46. The zero-order valence-electron chi connectivity index (χ0n) is 22.5. The zero-order valence-corrected chi connectivity index (χ0v) is 22.5. The molecule has 0 saturated carbocycles. The first-order valence-electron chi connectivity index (χ1n) is 13.1. The van der Waals surface area contributed by atoms with Crippen LogP contribution >= 0.6 is 0 Å². The number of ether oxygens (including phenoxy) is 5. The number of rotatable bonds is 8. The van der Waals surface area contributed by atoms with Gasteiger partial charge >= 0.3 is 11.9 Å². The van der Waals surface area contributed by atoms with Gasteiger partial charge in [-0.2, -0.15) is 0 Å². The Hall–Kier alpha value is -2.82. The lowest BCUT2D eigenvalue weighted by molar-refractivity contribution is -0.181. The predicted octanol–water partition coefficient (Wildman–Crippen LogP) is 2.22. The molecule has 2 N–H and O–H groups in total. The van der Waals surface area contributed by atoms with Gasteiger partial charge in [-0.25, -0.2) is 4.79 Å². The molecule has 1 aliphatic carbocycles. The average Bonchev–Trinajstić information content (AvgIpc) is 3.54. The number of fused-ring (bicyclic) bond motifs is 2. The fraction of sp³-hybridized carbons (Fsp3) is 0.643. The molecule has 3 heterocycles. The van der Waals surface area contributed by atoms with Gasteiger partial charge in [0.1, 0.15) is 5.76 Å². The first-order chi connectivity index (χ1) is 18.0. The fourth-order valence-electron chi connectivity index (χ4n) is 6.34. The van der Waals surface area contributed by atoms with E-state index in [9.17, 15) is 19.8 Å². The molecule has 0 bridgehead atoms. The molecule has 0 unspecified atom stereocenters. The van der Waals surface area contributed by atoms with Crippen LogP contribution in [0.3, 0.4) is 0 Å². The van der Waals surface area contributed by atoms with E-state index in [-0.39, 0.29) is 31.1 Å². The third-order valence-corrected chi connectivity index (χ3v) is 8.43. The number of hydrogen-bond donors (Lipinski definition) is 2. The van der Waals surface area contributed by atoms with Crippen LogP contribution in [0, 0.1) is 5.92 Å². The maximum Gasteiger partial charge on any atom is 0.339 e. The lowest BCUT2D eigenvalue weighted by atomic mass is 9.80. The predicted molar refractivity (Wildman–Crippen MR) is 134 cm³/mol. The Bertz CT molecular complexity index is 1140. The maximum atomic E-state index is 13.6. The third-order valence-electron chi connectivity index (χ3n) is 8.43. The number of carbonyl (C=O) groups excluding carboxylic acids is 2. The van der Waals surface area contributed by atoms with Crippen LogP contribution in [0.15, 0.2) is 24.0 Å². The van der Waals surface area contributed by atoms with E-state index in [0.717, 1.165) is 36.3 Å². The molecule has 1 saturated heterocycles. The minimum atomic E-state index is -2.16. The molecule has 10 nitrogen and oxygen atoms in total. The van der Waals surface area contributed by atoms with E-state index in [4.69, 9.17) is 23.7 Å². The summed E-state index contributed by atoms with van der Waals surface area (Å²) >= 11 is 0. The summed E-state index contributed by atoms with van der Waals surface area (Å²) in [4.78, 5) is 28.2. The third kappa shape index (κ3) is 4.74. The highest BCUT2D eigenvalue weighted by molar-refractivity contribution is 5.86. The van der Waals surface area contributed by atoms with E-state index >= 15 is 0 Å². The van der Waals surface area contributed by atoms with Gasteiger partial charge in [0, 0.05) is 12.5 Å². The average molecular weight is 532 g/mol. The highest BCUT2D eigenvalue weighted by atomic mass is 16.7. The van der Waals surface area contributed by atoms with Crippen molar-refractivity contribution in [2.75, 3.05) is 27.6 Å². The fourth-order valence-corrected chi connectivity index (χ4v) is 6.34. The van der Waals surface area contributed by atoms with Gasteiger partial charge < -0.3 is 33.9 Å². The summed E-state index contributed by atoms with van der Waals surface area (Å²) < 4.78 is 27.8. The van der Waals surface area contributed by atoms with E-state index in [1.54, 1.807) is 21.0 Å². The first-order valence-corrected chi connectivity index (χ1v) is 13.1. The summed E-state index contributed by atoms with van der Waals surface area (Å²) in [6, 6.07) is 4.05. The van der Waals surface area contributed by atoms with Gasteiger partial charge in [0.2, 0.25) is 6.79 Å². The second kappa shape index (κ2) is 9.73. The Morgan fingerprint density at radius 1 is 1.13 bits per heavy atom. The summed E-state index contributed by atoms with van der Waals surface area (Å²) in [6.07, 6.45) is 3.11. The first kappa shape index (κ1) is 26.8. The number of nitrogens with zero attached hydrogens (tertiary/aromatic N) is 1. The highest BCUT2D eigenvalue weighted by Gasteiger charge is 2.58. The normalized spacial score (nSPS) is 27.4. The quantitative estimate of drug-likeness (QED) is 0.483. The molecular formula is C28H37NO9. The summed E-state index contributed by atoms with van der Waals surface area (Å²) in [5.74, 6) is 0.110. The van der Waals surface area contributed by atoms with Crippen LogP contribution in [0.2, 0.25) is 0 Å². The number of methoxy groups -OCH3 is 2. The lowest BCUT2D eigenvalue weighted by Crippen LogP contribution is -2.50. The van der Waals surface area contributed by atoms with Crippen molar-refractivity contribution >= 4 is 11.9 Å². The Morgan fingerprint density at radius 2 is 1.84 bits per heavy atom. The Morgan fingerprint density at radius 3 is 2.50 bits per heavy atom. The largest absolute Gasteiger partial charge is 0.497 e. The van der Waals surface area contributed by atoms with Gasteiger partial charge in [0.15, 0.2) is 23.2 Å². The van der Waals surface area contributed by atoms with E-state index < -0.39 is 35.7 Å². The molecule has 1 fully saturated rings. The van der Waals surface area contributed by atoms with Gasteiger partial charge in [0.25, 0.3) is 0 Å². The monoisotopic (exact) mass is 531 g/mol. The van der Waals surface area contributed by atoms with Crippen molar-refractivity contribution in [3.63, 3.8) is 0 Å². The second-order valence-electron chi connectivity index (χ2n) is 11.5. The van der Waals surface area contributed by atoms with Crippen molar-refractivity contribution < 1.29 is 43.5 Å². The molecule has 4 atom stereocenters. The Balaban J connectivity index is 1.47. The van der Waals surface area contributed by atoms with Gasteiger partial charge in [-0.3, -0.25) is 9.69 Å². The van der Waals surface area contributed by atoms with Crippen LogP contribution in [-0.4, -0.2) is 77.5 Å². The van der Waals surface area contributed by atoms with Crippen molar-refractivity contribution in [1.29, 1.82) is 0 Å². The second-order valence-corrected chi connectivity index (χ2v) is 11.5. The van der Waals surface area contributed by atoms with Gasteiger partial charge in [-0.1, -0.05) is 0 Å². The van der Waals surface area contributed by atoms with Crippen LogP contribution in [0.1, 0.15) is 57.1 Å². The standard InChI is InChI=1S/C28H37NO9/c1-26(2,32)7-8-28(33,14-23(30)35-4)25(31)38-24-19-10-17-11-20-21(37-16-36-20)12-18(17)15-29-9-5-6-27(19,29)13-22(24)34-3/h11-13,19,24,32-33H,5-10,14-16H2,1-4H3/t19-,24+,27-,28-/m0/s1. The van der Waals surface area contributed by atoms with Gasteiger partial charge in [0.05, 0.1) is 31.8 Å². The van der Waals surface area contributed by atoms with Crippen LogP contribution in [0.25, 0.3) is 0 Å². The van der Waals surface area contributed by atoms with Gasteiger partial charge in [-0.15, -0.1) is 0 Å². The molecule has 38 heavy (non-hydrogen) atoms. The number of aliphatic hydroxyl groups is 2. The molecule has 1 aromatic carbocycles. The molecular weight excluding hydrogens is 494 g/mol. The summed E-state index contributed by atoms with van der Waals surface area (Å²) in [7, 11) is 2.74. The van der Waals surface area contributed by atoms with E-state index in [1.807, 2.05) is 12.1 Å². The molecule has 0 radical (unpaired) electrons. The van der Waals surface area contributed by atoms with Crippen molar-refractivity contribution in [3.8, 4) is 11.5 Å². The highest BCUT2D eigenvalue weighted by Crippen LogP contribution is 2.52. The van der Waals surface area contributed by atoms with Crippen molar-refractivity contribution in [3.05, 3.63) is 35.1 Å². The number of benzene rings is 1. The molecule has 5 rings (SSSR count). The number of hydrogen-bond acceptors (Lipinski definition) is 10. The minimum Gasteiger partial charge on any atom is -0.497 e. The molecule has 1 spiro atoms. The van der Waals surface area contributed by atoms with Crippen LogP contribution < -0.4 is 9.47 Å². The lowest BCUT2D eigenvalue weighted by Gasteiger charge is -2.39. The van der Waals surface area contributed by atoms with Crippen LogP contribution in [0.4, 0.5) is 0 Å². The smallest absolute Gasteiger partial charge is 0.339 e. The molecule has 0 aromatic heterocycles. The molecule has 1 aromatic rings. The zero-order chi connectivity index (χ0) is 27.3. The van der Waals surface area contributed by atoms with Gasteiger partial charge in [-0.05, 0) is 81.8 Å². The molecule has 0 amide bonds. The van der Waals surface area contributed by atoms with E-state index in [1.165, 1.54) is 7.11 Å². The topological polar surface area (TPSA) is 124 Å². The van der Waals surface area contributed by atoms with Crippen molar-refractivity contribution in [2.24, 2.45) is 5.92 Å². The summed E-state index contributed by atoms with van der Waals surface area (Å²) in [6.45, 7) is 4.94. The van der Waals surface area contributed by atoms with Crippen molar-refractivity contribution in [1.82, 2.24) is 4.90 Å². The summed E-state index contributed by atoms with van der Waals surface area (Å²) in [5, 5.41) is 21.6. The van der Waals surface area contributed by atoms with Crippen LogP contribution in [0.5, 0.6) is 11.5 Å². The Kier molecular flexibility index (Phi) is 6.86. The van der Waals surface area contributed by atoms with Crippen molar-refractivity contribution in [2.45, 2.75) is 81.8 Å². The Labute approximate surface area is 222 Å². The van der Waals surface area contributed by atoms with E-state index in [2.05, 4.69) is 11.0 Å². The van der Waals surface area contributed by atoms with E-state index in [0.29, 0.717) is 24.5 Å². The molecule has 3 aliphatic heterocycles. The minimum absolute atomic E-state index is 0.0783. The SMILES string of the molecule is COC(=O)C[C@@](O)(CCC(C)(C)O)C(=O)O[C@H]1C(OC)=C[C@]23CCCN2Cc2cc4c(cc2C[C@@H]13)OCO4. The molecule has 10 heteroatoms. The number of carbonyl (C=O) groups is 2. The number of esters is 2.